The molecule has 4 heteroatoms. The van der Waals surface area contributed by atoms with E-state index >= 15 is 0 Å². The van der Waals surface area contributed by atoms with Gasteiger partial charge in [-0.1, -0.05) is 26.2 Å². The van der Waals surface area contributed by atoms with Crippen LogP contribution in [0.3, 0.4) is 0 Å². The number of hydrogen-bond acceptors (Lipinski definition) is 4. The molecule has 0 atom stereocenters. The second kappa shape index (κ2) is 4.39. The second-order valence-electron chi connectivity index (χ2n) is 4.84. The maximum absolute atomic E-state index is 5.58. The Bertz CT molecular complexity index is 315. The van der Waals surface area contributed by atoms with Crippen molar-refractivity contribution in [3.05, 3.63) is 6.07 Å². The van der Waals surface area contributed by atoms with E-state index in [1.165, 1.54) is 43.6 Å². The zero-order valence-electron chi connectivity index (χ0n) is 9.25. The van der Waals surface area contributed by atoms with Crippen LogP contribution in [0.2, 0.25) is 0 Å². The van der Waals surface area contributed by atoms with E-state index in [1.807, 2.05) is 6.07 Å². The van der Waals surface area contributed by atoms with Crippen molar-refractivity contribution < 1.29 is 0 Å². The van der Waals surface area contributed by atoms with Crippen LogP contribution in [-0.2, 0) is 0 Å². The van der Waals surface area contributed by atoms with Gasteiger partial charge in [0.05, 0.1) is 0 Å². The van der Waals surface area contributed by atoms with Gasteiger partial charge in [-0.05, 0) is 29.8 Å². The van der Waals surface area contributed by atoms with Gasteiger partial charge in [0.2, 0.25) is 0 Å². The van der Waals surface area contributed by atoms with Crippen LogP contribution < -0.4 is 11.1 Å². The van der Waals surface area contributed by atoms with E-state index in [9.17, 15) is 0 Å². The molecule has 0 amide bonds. The summed E-state index contributed by atoms with van der Waals surface area (Å²) in [4.78, 5) is 0. The molecule has 0 unspecified atom stereocenters. The number of anilines is 2. The Kier molecular flexibility index (Phi) is 3.14. The zero-order chi connectivity index (χ0) is 10.7. The molecule has 1 fully saturated rings. The number of nitrogen functional groups attached to an aromatic ring is 1. The number of nitrogens with zero attached hydrogens (tertiary/aromatic N) is 1. The first-order chi connectivity index (χ1) is 7.18. The summed E-state index contributed by atoms with van der Waals surface area (Å²) in [7, 11) is 0. The summed E-state index contributed by atoms with van der Waals surface area (Å²) in [6.07, 6.45) is 6.84. The quantitative estimate of drug-likeness (QED) is 0.831. The van der Waals surface area contributed by atoms with Crippen molar-refractivity contribution in [2.45, 2.75) is 39.0 Å². The summed E-state index contributed by atoms with van der Waals surface area (Å²) in [5, 5.41) is 4.55. The van der Waals surface area contributed by atoms with E-state index in [2.05, 4.69) is 16.6 Å². The van der Waals surface area contributed by atoms with E-state index < -0.39 is 0 Å². The lowest BCUT2D eigenvalue weighted by Gasteiger charge is -2.33. The molecule has 0 aliphatic heterocycles. The molecule has 0 aromatic carbocycles. The van der Waals surface area contributed by atoms with Crippen molar-refractivity contribution in [3.8, 4) is 0 Å². The van der Waals surface area contributed by atoms with Crippen molar-refractivity contribution in [1.82, 2.24) is 4.37 Å². The minimum atomic E-state index is 0.469. The lowest BCUT2D eigenvalue weighted by molar-refractivity contribution is 0.233. The highest BCUT2D eigenvalue weighted by Crippen LogP contribution is 2.36. The number of nitrogens with one attached hydrogen (secondary N) is 1. The average Bonchev–Trinajstić information content (AvgIpc) is 2.63. The maximum Gasteiger partial charge on any atom is 0.139 e. The summed E-state index contributed by atoms with van der Waals surface area (Å²) in [5.74, 6) is 0.622. The number of nitrogens with two attached hydrogens (primary N) is 1. The van der Waals surface area contributed by atoms with Gasteiger partial charge >= 0.3 is 0 Å². The maximum atomic E-state index is 5.58. The van der Waals surface area contributed by atoms with E-state index in [1.54, 1.807) is 0 Å². The number of aromatic nitrogens is 1. The monoisotopic (exact) mass is 225 g/mol. The van der Waals surface area contributed by atoms with Crippen molar-refractivity contribution in [2.75, 3.05) is 17.6 Å². The van der Waals surface area contributed by atoms with Gasteiger partial charge in [0.25, 0.3) is 0 Å². The third kappa shape index (κ3) is 2.84. The fourth-order valence-electron chi connectivity index (χ4n) is 2.25. The Morgan fingerprint density at radius 3 is 2.80 bits per heavy atom. The third-order valence-corrected chi connectivity index (χ3v) is 4.04. The van der Waals surface area contributed by atoms with Crippen LogP contribution >= 0.6 is 11.5 Å². The highest BCUT2D eigenvalue weighted by molar-refractivity contribution is 7.10. The van der Waals surface area contributed by atoms with Crippen molar-refractivity contribution >= 4 is 22.4 Å². The van der Waals surface area contributed by atoms with E-state index in [0.717, 1.165) is 11.5 Å². The van der Waals surface area contributed by atoms with E-state index in [4.69, 9.17) is 5.73 Å². The van der Waals surface area contributed by atoms with Gasteiger partial charge in [-0.3, -0.25) is 0 Å². The summed E-state index contributed by atoms with van der Waals surface area (Å²) in [6, 6.07) is 1.91. The molecule has 0 radical (unpaired) electrons. The molecule has 84 valence electrons. The second-order valence-corrected chi connectivity index (χ2v) is 5.65. The molecule has 3 N–H and O–H groups in total. The van der Waals surface area contributed by atoms with Crippen LogP contribution in [0.25, 0.3) is 0 Å². The first-order valence-corrected chi connectivity index (χ1v) is 6.41. The SMILES string of the molecule is CC1(CNc2cc(N)ns2)CCCCC1. The Morgan fingerprint density at radius 1 is 1.47 bits per heavy atom. The number of hydrogen-bond donors (Lipinski definition) is 2. The Morgan fingerprint density at radius 2 is 2.20 bits per heavy atom. The first-order valence-electron chi connectivity index (χ1n) is 5.64. The minimum absolute atomic E-state index is 0.469. The lowest BCUT2D eigenvalue weighted by Crippen LogP contribution is -2.28. The van der Waals surface area contributed by atoms with Gasteiger partial charge in [-0.2, -0.15) is 4.37 Å². The number of rotatable bonds is 3. The van der Waals surface area contributed by atoms with Crippen LogP contribution in [0.4, 0.5) is 10.8 Å². The van der Waals surface area contributed by atoms with Crippen LogP contribution in [0, 0.1) is 5.41 Å². The Hall–Kier alpha value is -0.770. The zero-order valence-corrected chi connectivity index (χ0v) is 10.1. The molecular formula is C11H19N3S. The van der Waals surface area contributed by atoms with Gasteiger partial charge in [-0.15, -0.1) is 0 Å². The molecule has 1 aliphatic rings. The molecule has 1 heterocycles. The summed E-state index contributed by atoms with van der Waals surface area (Å²) in [6.45, 7) is 3.43. The molecule has 1 aromatic rings. The predicted molar refractivity (Wildman–Crippen MR) is 66.2 cm³/mol. The Balaban J connectivity index is 1.86. The molecular weight excluding hydrogens is 206 g/mol. The highest BCUT2D eigenvalue weighted by Gasteiger charge is 2.26. The summed E-state index contributed by atoms with van der Waals surface area (Å²) >= 11 is 1.45. The molecule has 0 bridgehead atoms. The molecule has 15 heavy (non-hydrogen) atoms. The van der Waals surface area contributed by atoms with Crippen LogP contribution in [-0.4, -0.2) is 10.9 Å². The van der Waals surface area contributed by atoms with Gasteiger partial charge in [0, 0.05) is 12.6 Å². The lowest BCUT2D eigenvalue weighted by atomic mass is 9.76. The minimum Gasteiger partial charge on any atom is -0.383 e. The molecule has 3 nitrogen and oxygen atoms in total. The van der Waals surface area contributed by atoms with Crippen molar-refractivity contribution in [3.63, 3.8) is 0 Å². The average molecular weight is 225 g/mol. The van der Waals surface area contributed by atoms with E-state index in [0.29, 0.717) is 11.2 Å². The fraction of sp³-hybridized carbons (Fsp3) is 0.727. The molecule has 0 saturated heterocycles. The summed E-state index contributed by atoms with van der Waals surface area (Å²) < 4.78 is 4.06. The molecule has 1 aliphatic carbocycles. The van der Waals surface area contributed by atoms with Gasteiger partial charge < -0.3 is 11.1 Å². The first kappa shape index (κ1) is 10.7. The topological polar surface area (TPSA) is 50.9 Å². The van der Waals surface area contributed by atoms with Crippen LogP contribution in [0.5, 0.6) is 0 Å². The normalized spacial score (nSPS) is 20.1. The molecule has 1 saturated carbocycles. The standard InChI is InChI=1S/C11H19N3S/c1-11(5-3-2-4-6-11)8-13-10-7-9(12)14-15-10/h7,13H,2-6,8H2,1H3,(H2,12,14). The van der Waals surface area contributed by atoms with Crippen LogP contribution in [0.15, 0.2) is 6.07 Å². The summed E-state index contributed by atoms with van der Waals surface area (Å²) in [5.41, 5.74) is 6.05. The third-order valence-electron chi connectivity index (χ3n) is 3.28. The molecule has 1 aromatic heterocycles. The highest BCUT2D eigenvalue weighted by atomic mass is 32.1. The van der Waals surface area contributed by atoms with Gasteiger partial charge in [-0.25, -0.2) is 0 Å². The van der Waals surface area contributed by atoms with Gasteiger partial charge in [0.1, 0.15) is 10.8 Å². The van der Waals surface area contributed by atoms with Gasteiger partial charge in [0.15, 0.2) is 0 Å². The largest absolute Gasteiger partial charge is 0.383 e. The smallest absolute Gasteiger partial charge is 0.139 e. The fourth-order valence-corrected chi connectivity index (χ4v) is 2.82. The Labute approximate surface area is 95.2 Å². The van der Waals surface area contributed by atoms with Crippen molar-refractivity contribution in [2.24, 2.45) is 5.41 Å². The van der Waals surface area contributed by atoms with Crippen LogP contribution in [0.1, 0.15) is 39.0 Å². The van der Waals surface area contributed by atoms with Crippen molar-refractivity contribution in [1.29, 1.82) is 0 Å². The molecule has 0 spiro atoms. The van der Waals surface area contributed by atoms with E-state index in [-0.39, 0.29) is 0 Å². The predicted octanol–water partition coefficient (Wildman–Crippen LogP) is 3.11. The molecule has 2 rings (SSSR count).